The highest BCUT2D eigenvalue weighted by Crippen LogP contribution is 2.47. The first-order chi connectivity index (χ1) is 15.1. The molecule has 0 radical (unpaired) electrons. The number of hydrogen-bond donors (Lipinski definition) is 0. The lowest BCUT2D eigenvalue weighted by Crippen LogP contribution is -2.37. The van der Waals surface area contributed by atoms with Crippen LogP contribution in [0.25, 0.3) is 0 Å². The van der Waals surface area contributed by atoms with E-state index in [1.807, 2.05) is 30.3 Å². The van der Waals surface area contributed by atoms with Crippen LogP contribution in [0.1, 0.15) is 11.6 Å². The average Bonchev–Trinajstić information content (AvgIpc) is 3.31. The third-order valence-corrected chi connectivity index (χ3v) is 5.67. The maximum atomic E-state index is 13.6. The molecule has 156 valence electrons. The van der Waals surface area contributed by atoms with Gasteiger partial charge in [-0.25, -0.2) is 14.4 Å². The summed E-state index contributed by atoms with van der Waals surface area (Å²) < 4.78 is 18.7. The molecule has 0 bridgehead atoms. The molecule has 3 aromatic carbocycles. The van der Waals surface area contributed by atoms with E-state index >= 15 is 0 Å². The first-order valence-corrected chi connectivity index (χ1v) is 9.87. The Bertz CT molecular complexity index is 1120. The lowest BCUT2D eigenvalue weighted by Gasteiger charge is -2.28. The SMILES string of the molecule is COc1ccc(N2C(=O)[C@H]3[C@@H](ON(c4ccccc4)[C@H]3c3ccc(F)cc3)C2=O)cc1. The third-order valence-electron chi connectivity index (χ3n) is 5.67. The molecule has 3 aromatic rings. The molecule has 0 aliphatic carbocycles. The molecule has 6 nitrogen and oxygen atoms in total. The van der Waals surface area contributed by atoms with Crippen LogP contribution < -0.4 is 14.7 Å². The Morgan fingerprint density at radius 1 is 0.839 bits per heavy atom. The smallest absolute Gasteiger partial charge is 0.266 e. The average molecular weight is 418 g/mol. The summed E-state index contributed by atoms with van der Waals surface area (Å²) in [6, 6.07) is 21.3. The van der Waals surface area contributed by atoms with Gasteiger partial charge in [-0.1, -0.05) is 30.3 Å². The fourth-order valence-electron chi connectivity index (χ4n) is 4.20. The topological polar surface area (TPSA) is 59.1 Å². The van der Waals surface area contributed by atoms with Crippen molar-refractivity contribution in [1.29, 1.82) is 0 Å². The van der Waals surface area contributed by atoms with E-state index in [0.717, 1.165) is 4.90 Å². The highest BCUT2D eigenvalue weighted by molar-refractivity contribution is 6.23. The number of rotatable bonds is 4. The summed E-state index contributed by atoms with van der Waals surface area (Å²) in [7, 11) is 1.55. The standard InChI is InChI=1S/C24H19FN2O4/c1-30-19-13-11-17(12-14-19)26-23(28)20-21(15-7-9-16(25)10-8-15)27(31-22(20)24(26)29)18-5-3-2-4-6-18/h2-14,20-22H,1H3/t20-,21+,22-/m1/s1. The summed E-state index contributed by atoms with van der Waals surface area (Å²) in [4.78, 5) is 33.9. The van der Waals surface area contributed by atoms with Crippen molar-refractivity contribution in [2.45, 2.75) is 12.1 Å². The molecule has 2 aliphatic heterocycles. The Morgan fingerprint density at radius 3 is 2.16 bits per heavy atom. The Labute approximate surface area is 178 Å². The van der Waals surface area contributed by atoms with E-state index < -0.39 is 24.0 Å². The van der Waals surface area contributed by atoms with Gasteiger partial charge in [0, 0.05) is 0 Å². The maximum Gasteiger partial charge on any atom is 0.266 e. The monoisotopic (exact) mass is 418 g/mol. The molecule has 2 fully saturated rings. The number of anilines is 2. The van der Waals surface area contributed by atoms with Gasteiger partial charge >= 0.3 is 0 Å². The van der Waals surface area contributed by atoms with Gasteiger partial charge in [-0.15, -0.1) is 0 Å². The van der Waals surface area contributed by atoms with Crippen molar-refractivity contribution in [3.8, 4) is 5.75 Å². The van der Waals surface area contributed by atoms with Crippen LogP contribution in [-0.4, -0.2) is 25.0 Å². The number of methoxy groups -OCH3 is 1. The van der Waals surface area contributed by atoms with Gasteiger partial charge < -0.3 is 4.74 Å². The number of para-hydroxylation sites is 1. The van der Waals surface area contributed by atoms with Crippen LogP contribution in [0.4, 0.5) is 15.8 Å². The predicted molar refractivity (Wildman–Crippen MR) is 112 cm³/mol. The van der Waals surface area contributed by atoms with Gasteiger partial charge in [-0.2, -0.15) is 0 Å². The van der Waals surface area contributed by atoms with Gasteiger partial charge in [-0.3, -0.25) is 14.4 Å². The summed E-state index contributed by atoms with van der Waals surface area (Å²) in [6.07, 6.45) is -0.968. The van der Waals surface area contributed by atoms with Crippen molar-refractivity contribution in [2.24, 2.45) is 5.92 Å². The van der Waals surface area contributed by atoms with E-state index in [2.05, 4.69) is 0 Å². The first-order valence-electron chi connectivity index (χ1n) is 9.87. The van der Waals surface area contributed by atoms with E-state index in [1.54, 1.807) is 48.6 Å². The molecule has 2 amide bonds. The van der Waals surface area contributed by atoms with E-state index in [9.17, 15) is 14.0 Å². The van der Waals surface area contributed by atoms with Crippen molar-refractivity contribution in [3.05, 3.63) is 90.2 Å². The number of carbonyl (C=O) groups excluding carboxylic acids is 2. The van der Waals surface area contributed by atoms with E-state index in [0.29, 0.717) is 22.7 Å². The van der Waals surface area contributed by atoms with E-state index in [4.69, 9.17) is 9.57 Å². The van der Waals surface area contributed by atoms with Crippen LogP contribution in [0.15, 0.2) is 78.9 Å². The number of halogens is 1. The highest BCUT2D eigenvalue weighted by atomic mass is 19.1. The van der Waals surface area contributed by atoms with E-state index in [-0.39, 0.29) is 11.7 Å². The molecule has 0 saturated carbocycles. The molecule has 2 aliphatic rings. The fourth-order valence-corrected chi connectivity index (χ4v) is 4.20. The Morgan fingerprint density at radius 2 is 1.52 bits per heavy atom. The lowest BCUT2D eigenvalue weighted by atomic mass is 9.90. The molecule has 7 heteroatoms. The molecule has 3 atom stereocenters. The molecule has 31 heavy (non-hydrogen) atoms. The first kappa shape index (κ1) is 19.3. The zero-order valence-corrected chi connectivity index (χ0v) is 16.6. The number of hydroxylamine groups is 1. The van der Waals surface area contributed by atoms with Crippen LogP contribution in [0, 0.1) is 11.7 Å². The Hall–Kier alpha value is -3.71. The zero-order valence-electron chi connectivity index (χ0n) is 16.6. The lowest BCUT2D eigenvalue weighted by molar-refractivity contribution is -0.126. The number of carbonyl (C=O) groups is 2. The normalized spacial score (nSPS) is 22.7. The molecule has 5 rings (SSSR count). The minimum Gasteiger partial charge on any atom is -0.497 e. The molecule has 2 heterocycles. The molecule has 0 aromatic heterocycles. The molecular formula is C24H19FN2O4. The van der Waals surface area contributed by atoms with Gasteiger partial charge in [-0.05, 0) is 54.1 Å². The number of imide groups is 1. The number of benzene rings is 3. The van der Waals surface area contributed by atoms with Crippen LogP contribution in [0.2, 0.25) is 0 Å². The van der Waals surface area contributed by atoms with Crippen molar-refractivity contribution < 1.29 is 23.6 Å². The largest absolute Gasteiger partial charge is 0.497 e. The minimum atomic E-state index is -0.968. The maximum absolute atomic E-state index is 13.6. The highest BCUT2D eigenvalue weighted by Gasteiger charge is 2.60. The van der Waals surface area contributed by atoms with Crippen molar-refractivity contribution in [1.82, 2.24) is 0 Å². The molecule has 0 unspecified atom stereocenters. The molecule has 0 spiro atoms. The van der Waals surface area contributed by atoms with Crippen LogP contribution >= 0.6 is 0 Å². The summed E-state index contributed by atoms with van der Waals surface area (Å²) in [5, 5.41) is 1.59. The van der Waals surface area contributed by atoms with Gasteiger partial charge in [0.15, 0.2) is 6.10 Å². The second-order valence-corrected chi connectivity index (χ2v) is 7.42. The molecular weight excluding hydrogens is 399 g/mol. The summed E-state index contributed by atoms with van der Waals surface area (Å²) in [6.45, 7) is 0. The fraction of sp³-hybridized carbons (Fsp3) is 0.167. The summed E-state index contributed by atoms with van der Waals surface area (Å²) in [5.74, 6) is -1.29. The predicted octanol–water partition coefficient (Wildman–Crippen LogP) is 3.89. The van der Waals surface area contributed by atoms with E-state index in [1.165, 1.54) is 12.1 Å². The van der Waals surface area contributed by atoms with Crippen molar-refractivity contribution in [3.63, 3.8) is 0 Å². The van der Waals surface area contributed by atoms with Crippen LogP contribution in [0.3, 0.4) is 0 Å². The van der Waals surface area contributed by atoms with Gasteiger partial charge in [0.1, 0.15) is 17.5 Å². The second-order valence-electron chi connectivity index (χ2n) is 7.42. The number of nitrogens with zero attached hydrogens (tertiary/aromatic N) is 2. The quantitative estimate of drug-likeness (QED) is 0.602. The van der Waals surface area contributed by atoms with Gasteiger partial charge in [0.25, 0.3) is 5.91 Å². The van der Waals surface area contributed by atoms with Crippen molar-refractivity contribution in [2.75, 3.05) is 17.1 Å². The Kier molecular flexibility index (Phi) is 4.67. The van der Waals surface area contributed by atoms with Gasteiger partial charge in [0.2, 0.25) is 5.91 Å². The molecule has 0 N–H and O–H groups in total. The Balaban J connectivity index is 1.56. The summed E-state index contributed by atoms with van der Waals surface area (Å²) in [5.41, 5.74) is 1.86. The number of ether oxygens (including phenoxy) is 1. The zero-order chi connectivity index (χ0) is 21.5. The third kappa shape index (κ3) is 3.14. The number of hydrogen-bond acceptors (Lipinski definition) is 5. The van der Waals surface area contributed by atoms with Crippen LogP contribution in [-0.2, 0) is 14.4 Å². The van der Waals surface area contributed by atoms with Gasteiger partial charge in [0.05, 0.1) is 24.5 Å². The number of amides is 2. The second kappa shape index (κ2) is 7.52. The summed E-state index contributed by atoms with van der Waals surface area (Å²) >= 11 is 0. The number of fused-ring (bicyclic) bond motifs is 1. The van der Waals surface area contributed by atoms with Crippen molar-refractivity contribution >= 4 is 23.2 Å². The molecule has 2 saturated heterocycles. The minimum absolute atomic E-state index is 0.354. The van der Waals surface area contributed by atoms with Crippen LogP contribution in [0.5, 0.6) is 5.75 Å².